The van der Waals surface area contributed by atoms with E-state index in [4.69, 9.17) is 0 Å². The van der Waals surface area contributed by atoms with Gasteiger partial charge in [-0.3, -0.25) is 0 Å². The molecule has 2 N–H and O–H groups in total. The number of aliphatic hydroxyl groups is 1. The number of rotatable bonds is 4. The molecule has 2 atom stereocenters. The summed E-state index contributed by atoms with van der Waals surface area (Å²) in [4.78, 5) is 10.8. The van der Waals surface area contributed by atoms with Gasteiger partial charge in [0.1, 0.15) is 0 Å². The van der Waals surface area contributed by atoms with Gasteiger partial charge in [-0.05, 0) is 13.5 Å². The van der Waals surface area contributed by atoms with E-state index in [2.05, 4.69) is 10.1 Å². The van der Waals surface area contributed by atoms with E-state index in [1.807, 2.05) is 6.92 Å². The Hall–Kier alpha value is -0.610. The number of esters is 1. The average molecular weight is 161 g/mol. The number of likely N-dealkylation sites (N-methyl/N-ethyl adjacent to an activating group) is 1. The van der Waals surface area contributed by atoms with Gasteiger partial charge in [-0.2, -0.15) is 0 Å². The van der Waals surface area contributed by atoms with Crippen LogP contribution in [0.4, 0.5) is 0 Å². The highest BCUT2D eigenvalue weighted by atomic mass is 16.5. The van der Waals surface area contributed by atoms with E-state index in [9.17, 15) is 9.90 Å². The van der Waals surface area contributed by atoms with Gasteiger partial charge in [0.15, 0.2) is 6.10 Å². The molecule has 4 nitrogen and oxygen atoms in total. The zero-order valence-electron chi connectivity index (χ0n) is 7.13. The second kappa shape index (κ2) is 5.09. The third kappa shape index (κ3) is 2.86. The van der Waals surface area contributed by atoms with Crippen molar-refractivity contribution in [3.8, 4) is 0 Å². The minimum absolute atomic E-state index is 0.220. The summed E-state index contributed by atoms with van der Waals surface area (Å²) in [5, 5.41) is 12.1. The molecule has 0 amide bonds. The number of aliphatic hydroxyl groups excluding tert-OH is 1. The number of hydrogen-bond donors (Lipinski definition) is 2. The maximum atomic E-state index is 10.8. The summed E-state index contributed by atoms with van der Waals surface area (Å²) in [5.41, 5.74) is 0. The maximum Gasteiger partial charge on any atom is 0.336 e. The predicted molar refractivity (Wildman–Crippen MR) is 41.2 cm³/mol. The first-order valence-corrected chi connectivity index (χ1v) is 3.60. The van der Waals surface area contributed by atoms with Crippen molar-refractivity contribution >= 4 is 5.97 Å². The largest absolute Gasteiger partial charge is 0.467 e. The molecule has 11 heavy (non-hydrogen) atoms. The van der Waals surface area contributed by atoms with Crippen molar-refractivity contribution in [2.24, 2.45) is 0 Å². The molecule has 0 radical (unpaired) electrons. The van der Waals surface area contributed by atoms with Crippen LogP contribution in [0.2, 0.25) is 0 Å². The third-order valence-electron chi connectivity index (χ3n) is 1.63. The molecule has 0 heterocycles. The van der Waals surface area contributed by atoms with Crippen LogP contribution >= 0.6 is 0 Å². The van der Waals surface area contributed by atoms with Gasteiger partial charge in [0.25, 0.3) is 0 Å². The van der Waals surface area contributed by atoms with E-state index in [1.165, 1.54) is 7.11 Å². The van der Waals surface area contributed by atoms with Gasteiger partial charge in [0.05, 0.1) is 7.11 Å². The van der Waals surface area contributed by atoms with Gasteiger partial charge in [-0.15, -0.1) is 0 Å². The summed E-state index contributed by atoms with van der Waals surface area (Å²) in [7, 11) is 2.95. The Morgan fingerprint density at radius 3 is 2.55 bits per heavy atom. The summed E-state index contributed by atoms with van der Waals surface area (Å²) >= 11 is 0. The number of methoxy groups -OCH3 is 1. The quantitative estimate of drug-likeness (QED) is 0.547. The van der Waals surface area contributed by atoms with Crippen molar-refractivity contribution in [3.63, 3.8) is 0 Å². The van der Waals surface area contributed by atoms with Crippen LogP contribution < -0.4 is 5.32 Å². The molecule has 0 aliphatic heterocycles. The van der Waals surface area contributed by atoms with Crippen LogP contribution in [0, 0.1) is 0 Å². The van der Waals surface area contributed by atoms with E-state index in [-0.39, 0.29) is 6.04 Å². The van der Waals surface area contributed by atoms with E-state index in [1.54, 1.807) is 7.05 Å². The summed E-state index contributed by atoms with van der Waals surface area (Å²) in [6.45, 7) is 1.88. The SMILES string of the molecule is CCC(NC)C(O)C(=O)OC. The van der Waals surface area contributed by atoms with Gasteiger partial charge in [-0.1, -0.05) is 6.92 Å². The highest BCUT2D eigenvalue weighted by Gasteiger charge is 2.23. The molecule has 0 aliphatic rings. The maximum absolute atomic E-state index is 10.8. The molecule has 0 aliphatic carbocycles. The fraction of sp³-hybridized carbons (Fsp3) is 0.857. The van der Waals surface area contributed by atoms with E-state index >= 15 is 0 Å². The Morgan fingerprint density at radius 2 is 2.27 bits per heavy atom. The Kier molecular flexibility index (Phi) is 4.81. The molecule has 0 aromatic carbocycles. The van der Waals surface area contributed by atoms with Crippen LogP contribution in [-0.4, -0.2) is 37.4 Å². The molecule has 0 aromatic rings. The van der Waals surface area contributed by atoms with Crippen LogP contribution in [0.5, 0.6) is 0 Å². The Balaban J connectivity index is 3.97. The van der Waals surface area contributed by atoms with Crippen LogP contribution in [0.25, 0.3) is 0 Å². The second-order valence-electron chi connectivity index (χ2n) is 2.27. The lowest BCUT2D eigenvalue weighted by atomic mass is 10.1. The number of nitrogens with one attached hydrogen (secondary N) is 1. The highest BCUT2D eigenvalue weighted by Crippen LogP contribution is 1.99. The monoisotopic (exact) mass is 161 g/mol. The zero-order chi connectivity index (χ0) is 8.85. The van der Waals surface area contributed by atoms with Crippen molar-refractivity contribution < 1.29 is 14.6 Å². The minimum atomic E-state index is -1.06. The molecular formula is C7H15NO3. The van der Waals surface area contributed by atoms with E-state index < -0.39 is 12.1 Å². The third-order valence-corrected chi connectivity index (χ3v) is 1.63. The summed E-state index contributed by atoms with van der Waals surface area (Å²) in [6.07, 6.45) is -0.373. The van der Waals surface area contributed by atoms with Gasteiger partial charge < -0.3 is 15.2 Å². The molecule has 0 aromatic heterocycles. The predicted octanol–water partition coefficient (Wildman–Crippen LogP) is -0.482. The van der Waals surface area contributed by atoms with Crippen molar-refractivity contribution in [3.05, 3.63) is 0 Å². The fourth-order valence-corrected chi connectivity index (χ4v) is 0.870. The first-order valence-electron chi connectivity index (χ1n) is 3.60. The molecule has 2 unspecified atom stereocenters. The van der Waals surface area contributed by atoms with Gasteiger partial charge >= 0.3 is 5.97 Å². The summed E-state index contributed by atoms with van der Waals surface area (Å²) < 4.78 is 4.37. The van der Waals surface area contributed by atoms with Crippen molar-refractivity contribution in [2.75, 3.05) is 14.2 Å². The van der Waals surface area contributed by atoms with Crippen LogP contribution in [0.3, 0.4) is 0 Å². The Bertz CT molecular complexity index is 123. The van der Waals surface area contributed by atoms with Crippen molar-refractivity contribution in [1.29, 1.82) is 0 Å². The Morgan fingerprint density at radius 1 is 1.73 bits per heavy atom. The fourth-order valence-electron chi connectivity index (χ4n) is 0.870. The van der Waals surface area contributed by atoms with Gasteiger partial charge in [0, 0.05) is 6.04 Å². The summed E-state index contributed by atoms with van der Waals surface area (Å²) in [5.74, 6) is -0.591. The normalized spacial score (nSPS) is 15.6. The standard InChI is InChI=1S/C7H15NO3/c1-4-5(8-2)6(9)7(10)11-3/h5-6,8-9H,4H2,1-3H3. The lowest BCUT2D eigenvalue weighted by Gasteiger charge is -2.18. The molecule has 0 rings (SSSR count). The van der Waals surface area contributed by atoms with Crippen LogP contribution in [-0.2, 0) is 9.53 Å². The van der Waals surface area contributed by atoms with Crippen molar-refractivity contribution in [2.45, 2.75) is 25.5 Å². The highest BCUT2D eigenvalue weighted by molar-refractivity contribution is 5.75. The number of ether oxygens (including phenoxy) is 1. The van der Waals surface area contributed by atoms with Gasteiger partial charge in [0.2, 0.25) is 0 Å². The lowest BCUT2D eigenvalue weighted by molar-refractivity contribution is -0.151. The summed E-state index contributed by atoms with van der Waals surface area (Å²) in [6, 6.07) is -0.220. The molecule has 0 fully saturated rings. The number of carbonyl (C=O) groups excluding carboxylic acids is 1. The minimum Gasteiger partial charge on any atom is -0.467 e. The molecule has 4 heteroatoms. The molecule has 66 valence electrons. The molecule has 0 spiro atoms. The first-order chi connectivity index (χ1) is 5.17. The molecule has 0 bridgehead atoms. The molecule has 0 saturated heterocycles. The molecule has 0 saturated carbocycles. The molecular weight excluding hydrogens is 146 g/mol. The van der Waals surface area contributed by atoms with Crippen LogP contribution in [0.1, 0.15) is 13.3 Å². The van der Waals surface area contributed by atoms with Crippen molar-refractivity contribution in [1.82, 2.24) is 5.32 Å². The zero-order valence-corrected chi connectivity index (χ0v) is 7.13. The van der Waals surface area contributed by atoms with Crippen LogP contribution in [0.15, 0.2) is 0 Å². The Labute approximate surface area is 66.5 Å². The van der Waals surface area contributed by atoms with E-state index in [0.29, 0.717) is 6.42 Å². The van der Waals surface area contributed by atoms with Gasteiger partial charge in [-0.25, -0.2) is 4.79 Å². The first kappa shape index (κ1) is 10.4. The second-order valence-corrected chi connectivity index (χ2v) is 2.27. The average Bonchev–Trinajstić information content (AvgIpc) is 2.05. The lowest BCUT2D eigenvalue weighted by Crippen LogP contribution is -2.42. The smallest absolute Gasteiger partial charge is 0.336 e. The number of carbonyl (C=O) groups is 1. The topological polar surface area (TPSA) is 58.6 Å². The number of hydrogen-bond acceptors (Lipinski definition) is 4. The van der Waals surface area contributed by atoms with E-state index in [0.717, 1.165) is 0 Å².